The van der Waals surface area contributed by atoms with E-state index in [1.54, 1.807) is 30.5 Å². The van der Waals surface area contributed by atoms with E-state index >= 15 is 0 Å². The molecule has 1 aromatic heterocycles. The highest BCUT2D eigenvalue weighted by molar-refractivity contribution is 6.57. The molecule has 0 fully saturated rings. The first-order valence-corrected chi connectivity index (χ1v) is 7.17. The zero-order valence-electron chi connectivity index (χ0n) is 11.1. The van der Waals surface area contributed by atoms with Crippen LogP contribution in [0.15, 0.2) is 60.8 Å². The van der Waals surface area contributed by atoms with Crippen LogP contribution in [0.1, 0.15) is 15.9 Å². The van der Waals surface area contributed by atoms with Gasteiger partial charge in [-0.15, -0.1) is 0 Å². The summed E-state index contributed by atoms with van der Waals surface area (Å²) in [6.45, 7) is 3.95. The molecule has 0 aliphatic rings. The Morgan fingerprint density at radius 1 is 1.00 bits per heavy atom. The maximum Gasteiger partial charge on any atom is 0.272 e. The molecule has 21 heavy (non-hydrogen) atoms. The molecule has 0 amide bonds. The van der Waals surface area contributed by atoms with Gasteiger partial charge in [0.05, 0.1) is 5.52 Å². The number of benzene rings is 2. The Kier molecular flexibility index (Phi) is 3.52. The Morgan fingerprint density at radius 2 is 1.62 bits per heavy atom. The summed E-state index contributed by atoms with van der Waals surface area (Å²) in [6, 6.07) is 16.4. The lowest BCUT2D eigenvalue weighted by molar-refractivity contribution is 0.0896. The van der Waals surface area contributed by atoms with Crippen LogP contribution in [-0.4, -0.2) is 10.5 Å². The lowest BCUT2D eigenvalue weighted by Crippen LogP contribution is -2.28. The number of rotatable bonds is 2. The summed E-state index contributed by atoms with van der Waals surface area (Å²) in [5.74, 6) is -0.414. The Hall–Kier alpha value is -1.77. The molecule has 0 saturated carbocycles. The first-order chi connectivity index (χ1) is 10.0. The number of halogens is 2. The normalized spacial score (nSPS) is 11.8. The number of nitrogens with zero attached hydrogens (tertiary/aromatic N) is 1. The van der Waals surface area contributed by atoms with Gasteiger partial charge in [-0.05, 0) is 24.1 Å². The lowest BCUT2D eigenvalue weighted by Gasteiger charge is -2.19. The number of hydrogen-bond acceptors (Lipinski definition) is 1. The first-order valence-electron chi connectivity index (χ1n) is 6.42. The molecule has 0 spiro atoms. The highest BCUT2D eigenvalue weighted by Gasteiger charge is 2.37. The van der Waals surface area contributed by atoms with Crippen molar-refractivity contribution in [3.8, 4) is 0 Å². The van der Waals surface area contributed by atoms with Gasteiger partial charge in [-0.25, -0.2) is 0 Å². The minimum atomic E-state index is -1.64. The van der Waals surface area contributed by atoms with Gasteiger partial charge in [0.15, 0.2) is 0 Å². The fourth-order valence-corrected chi connectivity index (χ4v) is 2.77. The van der Waals surface area contributed by atoms with Crippen molar-refractivity contribution in [2.45, 2.75) is 4.33 Å². The highest BCUT2D eigenvalue weighted by Crippen LogP contribution is 2.37. The van der Waals surface area contributed by atoms with E-state index in [-0.39, 0.29) is 0 Å². The molecule has 0 bridgehead atoms. The van der Waals surface area contributed by atoms with Crippen LogP contribution in [0.25, 0.3) is 10.9 Å². The Balaban J connectivity index is 2.13. The monoisotopic (exact) mass is 316 g/mol. The number of carbonyl (C=O) groups is 1. The molecular weight excluding hydrogens is 305 g/mol. The minimum Gasteiger partial charge on any atom is -0.284 e. The second kappa shape index (κ2) is 5.21. The smallest absolute Gasteiger partial charge is 0.272 e. The third-order valence-electron chi connectivity index (χ3n) is 3.42. The zero-order chi connectivity index (χ0) is 15.0. The van der Waals surface area contributed by atoms with Gasteiger partial charge < -0.3 is 0 Å². The van der Waals surface area contributed by atoms with Gasteiger partial charge in [0.25, 0.3) is 5.91 Å². The molecule has 0 aliphatic carbocycles. The molecule has 0 aliphatic heterocycles. The van der Waals surface area contributed by atoms with Crippen LogP contribution < -0.4 is 0 Å². The fourth-order valence-electron chi connectivity index (χ4n) is 2.34. The maximum atomic E-state index is 12.8. The van der Waals surface area contributed by atoms with Crippen molar-refractivity contribution >= 4 is 40.0 Å². The zero-order valence-corrected chi connectivity index (χ0v) is 12.6. The SMILES string of the molecule is [CH2]c1cn(C(=O)C(Cl)(Cl)c2ccccc2)c2ccccc12. The van der Waals surface area contributed by atoms with Gasteiger partial charge in [0.1, 0.15) is 0 Å². The summed E-state index contributed by atoms with van der Waals surface area (Å²) in [7, 11) is 0. The molecule has 2 aromatic carbocycles. The summed E-state index contributed by atoms with van der Waals surface area (Å²) < 4.78 is -0.180. The highest BCUT2D eigenvalue weighted by atomic mass is 35.5. The number of fused-ring (bicyclic) bond motifs is 1. The van der Waals surface area contributed by atoms with Crippen molar-refractivity contribution in [2.75, 3.05) is 0 Å². The Labute approximate surface area is 132 Å². The van der Waals surface area contributed by atoms with E-state index < -0.39 is 10.2 Å². The van der Waals surface area contributed by atoms with Crippen LogP contribution in [0.4, 0.5) is 0 Å². The molecule has 0 saturated heterocycles. The molecule has 0 unspecified atom stereocenters. The van der Waals surface area contributed by atoms with Crippen molar-refractivity contribution in [2.24, 2.45) is 0 Å². The Bertz CT molecular complexity index is 806. The molecule has 2 nitrogen and oxygen atoms in total. The summed E-state index contributed by atoms with van der Waals surface area (Å²) in [4.78, 5) is 12.8. The number of alkyl halides is 2. The van der Waals surface area contributed by atoms with Crippen molar-refractivity contribution in [1.29, 1.82) is 0 Å². The van der Waals surface area contributed by atoms with E-state index in [0.717, 1.165) is 16.5 Å². The van der Waals surface area contributed by atoms with Crippen LogP contribution in [0.3, 0.4) is 0 Å². The summed E-state index contributed by atoms with van der Waals surface area (Å²) >= 11 is 12.7. The Morgan fingerprint density at radius 3 is 2.33 bits per heavy atom. The van der Waals surface area contributed by atoms with E-state index in [2.05, 4.69) is 6.92 Å². The van der Waals surface area contributed by atoms with Gasteiger partial charge in [0.2, 0.25) is 4.33 Å². The van der Waals surface area contributed by atoms with Crippen LogP contribution in [0.2, 0.25) is 0 Å². The summed E-state index contributed by atoms with van der Waals surface area (Å²) in [5, 5.41) is 0.906. The fraction of sp³-hybridized carbons (Fsp3) is 0.0588. The molecule has 105 valence electrons. The van der Waals surface area contributed by atoms with E-state index in [0.29, 0.717) is 5.56 Å². The molecular formula is C17H12Cl2NO. The van der Waals surface area contributed by atoms with Gasteiger partial charge >= 0.3 is 0 Å². The maximum absolute atomic E-state index is 12.8. The molecule has 1 heterocycles. The molecule has 4 heteroatoms. The molecule has 0 N–H and O–H groups in total. The number of para-hydroxylation sites is 1. The lowest BCUT2D eigenvalue weighted by atomic mass is 10.1. The predicted octanol–water partition coefficient (Wildman–Crippen LogP) is 4.79. The van der Waals surface area contributed by atoms with Crippen LogP contribution in [0, 0.1) is 6.92 Å². The van der Waals surface area contributed by atoms with Gasteiger partial charge in [-0.1, -0.05) is 71.7 Å². The van der Waals surface area contributed by atoms with Crippen LogP contribution >= 0.6 is 23.2 Å². The van der Waals surface area contributed by atoms with E-state index in [1.807, 2.05) is 30.3 Å². The van der Waals surface area contributed by atoms with Gasteiger partial charge in [0, 0.05) is 11.6 Å². The molecule has 1 radical (unpaired) electrons. The van der Waals surface area contributed by atoms with Gasteiger partial charge in [-0.2, -0.15) is 0 Å². The number of hydrogen-bond donors (Lipinski definition) is 0. The summed E-state index contributed by atoms with van der Waals surface area (Å²) in [6.07, 6.45) is 1.66. The predicted molar refractivity (Wildman–Crippen MR) is 86.8 cm³/mol. The van der Waals surface area contributed by atoms with Crippen molar-refractivity contribution in [1.82, 2.24) is 4.57 Å². The van der Waals surface area contributed by atoms with Crippen LogP contribution in [0.5, 0.6) is 0 Å². The quantitative estimate of drug-likeness (QED) is 0.623. The number of aromatic nitrogens is 1. The minimum absolute atomic E-state index is 0.414. The van der Waals surface area contributed by atoms with Crippen LogP contribution in [-0.2, 0) is 4.33 Å². The van der Waals surface area contributed by atoms with Crippen molar-refractivity contribution < 1.29 is 4.79 Å². The average molecular weight is 317 g/mol. The van der Waals surface area contributed by atoms with Crippen molar-refractivity contribution in [3.63, 3.8) is 0 Å². The molecule has 0 atom stereocenters. The largest absolute Gasteiger partial charge is 0.284 e. The standard InChI is InChI=1S/C17H12Cl2NO/c1-12-11-20(15-10-6-5-9-14(12)15)16(21)17(18,19)13-7-3-2-4-8-13/h2-11H,1H2. The van der Waals surface area contributed by atoms with Gasteiger partial charge in [-0.3, -0.25) is 9.36 Å². The van der Waals surface area contributed by atoms with E-state index in [1.165, 1.54) is 4.57 Å². The number of carbonyl (C=O) groups excluding carboxylic acids is 1. The first kappa shape index (κ1) is 14.2. The second-order valence-electron chi connectivity index (χ2n) is 4.79. The molecule has 3 rings (SSSR count). The summed E-state index contributed by atoms with van der Waals surface area (Å²) in [5.41, 5.74) is 2.05. The topological polar surface area (TPSA) is 22.0 Å². The second-order valence-corrected chi connectivity index (χ2v) is 6.11. The van der Waals surface area contributed by atoms with E-state index in [4.69, 9.17) is 23.2 Å². The van der Waals surface area contributed by atoms with Crippen molar-refractivity contribution in [3.05, 3.63) is 78.8 Å². The average Bonchev–Trinajstić information content (AvgIpc) is 2.85. The molecule has 3 aromatic rings. The third kappa shape index (κ3) is 2.35. The third-order valence-corrected chi connectivity index (χ3v) is 4.18. The van der Waals surface area contributed by atoms with E-state index in [9.17, 15) is 4.79 Å².